The minimum Gasteiger partial charge on any atom is -0.507 e. The highest BCUT2D eigenvalue weighted by Gasteiger charge is 2.48. The number of amides is 1. The largest absolute Gasteiger partial charge is 0.507 e. The fourth-order valence-corrected chi connectivity index (χ4v) is 7.40. The first-order valence-corrected chi connectivity index (χ1v) is 15.8. The zero-order chi connectivity index (χ0) is 31.1. The van der Waals surface area contributed by atoms with Crippen LogP contribution in [0, 0.1) is 12.7 Å². The van der Waals surface area contributed by atoms with Crippen molar-refractivity contribution in [3.8, 4) is 11.5 Å². The van der Waals surface area contributed by atoms with Crippen molar-refractivity contribution in [3.05, 3.63) is 111 Å². The van der Waals surface area contributed by atoms with Gasteiger partial charge in [-0.15, -0.1) is 10.2 Å². The molecule has 1 fully saturated rings. The number of Topliss-reactive ketones (excluding diaryl/α,β-unsaturated/α-hetero) is 1. The molecule has 44 heavy (non-hydrogen) atoms. The zero-order valence-corrected chi connectivity index (χ0v) is 26.5. The lowest BCUT2D eigenvalue weighted by molar-refractivity contribution is -0.132. The van der Waals surface area contributed by atoms with Crippen molar-refractivity contribution in [2.75, 3.05) is 12.0 Å². The number of hydrogen-bond donors (Lipinski definition) is 2. The molecule has 0 spiro atoms. The van der Waals surface area contributed by atoms with Crippen molar-refractivity contribution in [1.82, 2.24) is 10.2 Å². The fourth-order valence-electron chi connectivity index (χ4n) is 5.06. The Morgan fingerprint density at radius 3 is 2.64 bits per heavy atom. The molecule has 222 valence electrons. The maximum absolute atomic E-state index is 14.5. The Labute approximate surface area is 267 Å². The molecule has 4 aromatic carbocycles. The smallest absolute Gasteiger partial charge is 0.301 e. The van der Waals surface area contributed by atoms with Crippen LogP contribution in [0.25, 0.3) is 16.5 Å². The highest BCUT2D eigenvalue weighted by molar-refractivity contribution is 9.10. The van der Waals surface area contributed by atoms with Gasteiger partial charge >= 0.3 is 5.91 Å². The molecular formula is C32H23BrFN3O5S2. The van der Waals surface area contributed by atoms with E-state index in [9.17, 15) is 24.2 Å². The molecule has 1 aromatic heterocycles. The van der Waals surface area contributed by atoms with Gasteiger partial charge in [0.25, 0.3) is 5.78 Å². The molecule has 6 rings (SSSR count). The number of halogens is 2. The predicted octanol–water partition coefficient (Wildman–Crippen LogP) is 7.53. The molecule has 0 bridgehead atoms. The number of phenolic OH excluding ortho intramolecular Hbond substituents is 1. The van der Waals surface area contributed by atoms with Crippen LogP contribution in [0.3, 0.4) is 0 Å². The fraction of sp³-hybridized carbons (Fsp3) is 0.125. The Morgan fingerprint density at radius 2 is 1.86 bits per heavy atom. The van der Waals surface area contributed by atoms with E-state index >= 15 is 0 Å². The molecule has 1 aliphatic heterocycles. The number of phenols is 1. The van der Waals surface area contributed by atoms with E-state index < -0.39 is 29.3 Å². The number of hydrogen-bond acceptors (Lipinski definition) is 9. The first kappa shape index (κ1) is 29.8. The molecule has 5 aromatic rings. The number of anilines is 1. The van der Waals surface area contributed by atoms with Crippen LogP contribution in [0.4, 0.5) is 9.52 Å². The lowest BCUT2D eigenvalue weighted by Crippen LogP contribution is -2.29. The number of aryl methyl sites for hydroxylation is 1. The highest BCUT2D eigenvalue weighted by Crippen LogP contribution is 2.47. The van der Waals surface area contributed by atoms with E-state index in [1.54, 1.807) is 6.92 Å². The first-order valence-electron chi connectivity index (χ1n) is 13.2. The van der Waals surface area contributed by atoms with Crippen molar-refractivity contribution in [3.63, 3.8) is 0 Å². The number of ether oxygens (including phenoxy) is 1. The summed E-state index contributed by atoms with van der Waals surface area (Å²) in [6.45, 7) is 1.57. The number of benzene rings is 4. The number of carbonyl (C=O) groups is 2. The predicted molar refractivity (Wildman–Crippen MR) is 172 cm³/mol. The summed E-state index contributed by atoms with van der Waals surface area (Å²) >= 11 is 5.87. The van der Waals surface area contributed by atoms with E-state index in [0.29, 0.717) is 21.2 Å². The normalized spacial score (nSPS) is 16.2. The van der Waals surface area contributed by atoms with Crippen molar-refractivity contribution in [2.24, 2.45) is 0 Å². The summed E-state index contributed by atoms with van der Waals surface area (Å²) in [5, 5.41) is 32.7. The van der Waals surface area contributed by atoms with E-state index in [4.69, 9.17) is 4.74 Å². The van der Waals surface area contributed by atoms with E-state index in [0.717, 1.165) is 38.6 Å². The summed E-state index contributed by atoms with van der Waals surface area (Å²) in [4.78, 5) is 28.3. The minimum absolute atomic E-state index is 0.0319. The quantitative estimate of drug-likeness (QED) is 0.0592. The molecule has 2 heterocycles. The second-order valence-corrected chi connectivity index (χ2v) is 13.0. The third-order valence-corrected chi connectivity index (χ3v) is 10.0. The van der Waals surface area contributed by atoms with Crippen LogP contribution in [-0.2, 0) is 15.3 Å². The van der Waals surface area contributed by atoms with Crippen molar-refractivity contribution in [1.29, 1.82) is 0 Å². The molecule has 0 saturated carbocycles. The van der Waals surface area contributed by atoms with Crippen LogP contribution < -0.4 is 9.64 Å². The third-order valence-electron chi connectivity index (χ3n) is 7.31. The lowest BCUT2D eigenvalue weighted by Gasteiger charge is -2.23. The minimum atomic E-state index is -1.19. The van der Waals surface area contributed by atoms with Crippen molar-refractivity contribution in [2.45, 2.75) is 23.1 Å². The Hall–Kier alpha value is -4.26. The van der Waals surface area contributed by atoms with Gasteiger partial charge in [-0.05, 0) is 68.5 Å². The Bertz CT molecular complexity index is 1990. The first-order chi connectivity index (χ1) is 21.2. The van der Waals surface area contributed by atoms with Gasteiger partial charge in [-0.25, -0.2) is 4.39 Å². The molecule has 1 saturated heterocycles. The van der Waals surface area contributed by atoms with E-state index in [1.807, 2.05) is 36.4 Å². The standard InChI is InChI=1S/C32H23BrFN3O5S2/c1-16-10-11-18(13-23(16)34)27(38)25-26(20-12-22(33)28(39)24(14-20)42-2)37(30(41)29(25)40)31-35-36-32(44-31)43-15-19-8-5-7-17-6-3-4-9-21(17)19/h3-14,26,38-39H,15H2,1-2H3/t26-/m0/s1. The number of aliphatic hydroxyl groups is 1. The zero-order valence-electron chi connectivity index (χ0n) is 23.2. The van der Waals surface area contributed by atoms with E-state index in [1.165, 1.54) is 43.1 Å². The van der Waals surface area contributed by atoms with Crippen LogP contribution in [0.1, 0.15) is 28.3 Å². The molecular weight excluding hydrogens is 669 g/mol. The molecule has 1 atom stereocenters. The van der Waals surface area contributed by atoms with Gasteiger partial charge in [0, 0.05) is 11.3 Å². The van der Waals surface area contributed by atoms with Gasteiger partial charge in [-0.1, -0.05) is 77.7 Å². The lowest BCUT2D eigenvalue weighted by atomic mass is 9.94. The van der Waals surface area contributed by atoms with Gasteiger partial charge in [-0.2, -0.15) is 0 Å². The van der Waals surface area contributed by atoms with Gasteiger partial charge < -0.3 is 14.9 Å². The number of nitrogens with zero attached hydrogens (tertiary/aromatic N) is 3. The van der Waals surface area contributed by atoms with Crippen molar-refractivity contribution >= 4 is 72.4 Å². The van der Waals surface area contributed by atoms with Gasteiger partial charge in [0.05, 0.1) is 23.2 Å². The van der Waals surface area contributed by atoms with Crippen LogP contribution in [-0.4, -0.2) is 39.2 Å². The summed E-state index contributed by atoms with van der Waals surface area (Å²) in [6, 6.07) is 20.0. The second-order valence-electron chi connectivity index (χ2n) is 9.96. The number of aromatic hydroxyl groups is 1. The maximum atomic E-state index is 14.5. The number of methoxy groups -OCH3 is 1. The van der Waals surface area contributed by atoms with Gasteiger partial charge in [-0.3, -0.25) is 14.5 Å². The number of rotatable bonds is 7. The molecule has 8 nitrogen and oxygen atoms in total. The second kappa shape index (κ2) is 12.0. The maximum Gasteiger partial charge on any atom is 0.301 e. The Balaban J connectivity index is 1.42. The monoisotopic (exact) mass is 691 g/mol. The molecule has 0 radical (unpaired) electrons. The topological polar surface area (TPSA) is 113 Å². The van der Waals surface area contributed by atoms with Crippen molar-refractivity contribution < 1.29 is 28.9 Å². The summed E-state index contributed by atoms with van der Waals surface area (Å²) < 4.78 is 20.6. The van der Waals surface area contributed by atoms with E-state index in [-0.39, 0.29) is 32.2 Å². The summed E-state index contributed by atoms with van der Waals surface area (Å²) in [5.41, 5.74) is 1.56. The van der Waals surface area contributed by atoms with Crippen LogP contribution in [0.15, 0.2) is 87.2 Å². The van der Waals surface area contributed by atoms with Crippen LogP contribution in [0.5, 0.6) is 11.5 Å². The molecule has 0 aliphatic carbocycles. The molecule has 1 amide bonds. The van der Waals surface area contributed by atoms with Crippen LogP contribution in [0.2, 0.25) is 0 Å². The molecule has 0 unspecified atom stereocenters. The summed E-state index contributed by atoms with van der Waals surface area (Å²) in [7, 11) is 1.36. The number of ketones is 1. The number of fused-ring (bicyclic) bond motifs is 1. The highest BCUT2D eigenvalue weighted by atomic mass is 79.9. The van der Waals surface area contributed by atoms with E-state index in [2.05, 4.69) is 32.2 Å². The van der Waals surface area contributed by atoms with Gasteiger partial charge in [0.2, 0.25) is 5.13 Å². The number of thioether (sulfide) groups is 1. The molecule has 1 aliphatic rings. The number of aromatic nitrogens is 2. The molecule has 2 N–H and O–H groups in total. The summed E-state index contributed by atoms with van der Waals surface area (Å²) in [6.07, 6.45) is 0. The average molecular weight is 693 g/mol. The molecule has 12 heteroatoms. The Kier molecular flexibility index (Phi) is 8.14. The average Bonchev–Trinajstić information content (AvgIpc) is 3.60. The Morgan fingerprint density at radius 1 is 1.09 bits per heavy atom. The summed E-state index contributed by atoms with van der Waals surface area (Å²) in [5.74, 6) is -2.55. The third kappa shape index (κ3) is 5.33. The van der Waals surface area contributed by atoms with Gasteiger partial charge in [0.1, 0.15) is 11.6 Å². The number of carbonyl (C=O) groups excluding carboxylic acids is 2. The van der Waals surface area contributed by atoms with Gasteiger partial charge in [0.15, 0.2) is 15.8 Å². The SMILES string of the molecule is COc1cc([C@H]2C(=C(O)c3ccc(C)c(F)c3)C(=O)C(=O)N2c2nnc(SCc3cccc4ccccc34)s2)cc(Br)c1O. The number of aliphatic hydroxyl groups excluding tert-OH is 1. The van der Waals surface area contributed by atoms with Crippen LogP contribution >= 0.6 is 39.0 Å².